The lowest BCUT2D eigenvalue weighted by Gasteiger charge is -2.11. The molecule has 114 valence electrons. The van der Waals surface area contributed by atoms with Crippen molar-refractivity contribution in [3.05, 3.63) is 47.2 Å². The molecule has 0 amide bonds. The van der Waals surface area contributed by atoms with Crippen LogP contribution in [0.5, 0.6) is 5.88 Å². The van der Waals surface area contributed by atoms with E-state index in [4.69, 9.17) is 9.47 Å². The van der Waals surface area contributed by atoms with Crippen molar-refractivity contribution in [3.8, 4) is 5.88 Å². The van der Waals surface area contributed by atoms with E-state index in [0.717, 1.165) is 11.1 Å². The van der Waals surface area contributed by atoms with Crippen LogP contribution in [0.2, 0.25) is 0 Å². The van der Waals surface area contributed by atoms with Crippen LogP contribution in [0.3, 0.4) is 0 Å². The number of nitrogens with zero attached hydrogens (tertiary/aromatic N) is 2. The number of aryl methyl sites for hydroxylation is 1. The van der Waals surface area contributed by atoms with Crippen molar-refractivity contribution >= 4 is 18.8 Å². The molecular weight excluding hydrogens is 288 g/mol. The van der Waals surface area contributed by atoms with Crippen LogP contribution in [0.15, 0.2) is 30.5 Å². The monoisotopic (exact) mass is 308 g/mol. The summed E-state index contributed by atoms with van der Waals surface area (Å²) in [6.45, 7) is 6.17. The highest BCUT2D eigenvalue weighted by Crippen LogP contribution is 2.18. The molecule has 0 fully saturated rings. The van der Waals surface area contributed by atoms with Crippen LogP contribution in [0.25, 0.3) is 0 Å². The topological polar surface area (TPSA) is 53.4 Å². The van der Waals surface area contributed by atoms with Crippen molar-refractivity contribution in [3.63, 3.8) is 0 Å². The summed E-state index contributed by atoms with van der Waals surface area (Å²) in [6.07, 6.45) is 1.66. The van der Waals surface area contributed by atoms with Gasteiger partial charge in [-0.3, -0.25) is 0 Å². The van der Waals surface area contributed by atoms with Gasteiger partial charge in [0.2, 0.25) is 5.88 Å². The second-order valence-corrected chi connectivity index (χ2v) is 4.37. The lowest BCUT2D eigenvalue weighted by molar-refractivity contribution is 0.0597. The molecule has 0 saturated carbocycles. The Kier molecular flexibility index (Phi) is 6.81. The van der Waals surface area contributed by atoms with E-state index in [0.29, 0.717) is 11.4 Å². The number of hydrogen-bond acceptors (Lipinski definition) is 5. The molecule has 5 nitrogen and oxygen atoms in total. The van der Waals surface area contributed by atoms with Crippen LogP contribution in [0.1, 0.15) is 35.3 Å². The number of methoxy groups -OCH3 is 1. The Morgan fingerprint density at radius 3 is 2.62 bits per heavy atom. The highest BCUT2D eigenvalue weighted by Gasteiger charge is 2.14. The fraction of sp³-hybridized carbons (Fsp3) is 0.333. The number of benzene rings is 1. The first kappa shape index (κ1) is 17.1. The molecule has 0 aliphatic rings. The number of aromatic nitrogens is 2. The number of hydrogen-bond donors (Lipinski definition) is 1. The van der Waals surface area contributed by atoms with Gasteiger partial charge >= 0.3 is 5.97 Å². The van der Waals surface area contributed by atoms with E-state index in [2.05, 4.69) is 17.9 Å². The molecule has 1 aromatic carbocycles. The summed E-state index contributed by atoms with van der Waals surface area (Å²) in [5.74, 6) is 0.0797. The van der Waals surface area contributed by atoms with E-state index in [1.807, 2.05) is 32.9 Å². The first-order valence-corrected chi connectivity index (χ1v) is 7.06. The molecule has 6 heteroatoms. The number of ether oxygens (including phenoxy) is 2. The van der Waals surface area contributed by atoms with Crippen molar-refractivity contribution in [1.29, 1.82) is 0 Å². The van der Waals surface area contributed by atoms with Gasteiger partial charge in [-0.15, -0.1) is 5.10 Å². The molecule has 0 saturated heterocycles. The Morgan fingerprint density at radius 1 is 1.33 bits per heavy atom. The Morgan fingerprint density at radius 2 is 2.05 bits per heavy atom. The molecule has 0 atom stereocenters. The predicted octanol–water partition coefficient (Wildman–Crippen LogP) is 3.28. The van der Waals surface area contributed by atoms with E-state index in [1.165, 1.54) is 11.2 Å². The van der Waals surface area contributed by atoms with Crippen LogP contribution < -0.4 is 4.74 Å². The van der Waals surface area contributed by atoms with Crippen molar-refractivity contribution in [2.24, 2.45) is 0 Å². The number of esters is 1. The molecule has 0 aliphatic heterocycles. The molecule has 0 bridgehead atoms. The van der Waals surface area contributed by atoms with Gasteiger partial charge in [-0.1, -0.05) is 26.0 Å². The molecule has 21 heavy (non-hydrogen) atoms. The van der Waals surface area contributed by atoms with Gasteiger partial charge in [-0.05, 0) is 31.4 Å². The Labute approximate surface area is 130 Å². The number of carbonyl (C=O) groups excluding carboxylic acids is 1. The number of rotatable bonds is 4. The summed E-state index contributed by atoms with van der Waals surface area (Å²) in [5.41, 5.74) is 2.27. The van der Waals surface area contributed by atoms with Crippen molar-refractivity contribution in [2.75, 3.05) is 7.11 Å². The molecule has 1 aromatic heterocycles. The van der Waals surface area contributed by atoms with E-state index in [9.17, 15) is 4.79 Å². The third-order valence-corrected chi connectivity index (χ3v) is 2.95. The van der Waals surface area contributed by atoms with Crippen molar-refractivity contribution in [2.45, 2.75) is 27.4 Å². The Balaban J connectivity index is 0.00000106. The minimum atomic E-state index is -0.373. The Hall–Kier alpha value is -1.95. The molecule has 0 spiro atoms. The lowest BCUT2D eigenvalue weighted by atomic mass is 10.0. The van der Waals surface area contributed by atoms with E-state index in [1.54, 1.807) is 18.3 Å². The molecule has 0 unspecified atom stereocenters. The summed E-state index contributed by atoms with van der Waals surface area (Å²) in [5, 5.41) is 3.99. The van der Waals surface area contributed by atoms with Gasteiger partial charge in [0.05, 0.1) is 12.7 Å². The maximum absolute atomic E-state index is 11.7. The largest absolute Gasteiger partial charge is 0.472 e. The zero-order valence-electron chi connectivity index (χ0n) is 12.7. The molecule has 1 heterocycles. The molecule has 0 radical (unpaired) electrons. The van der Waals surface area contributed by atoms with Crippen LogP contribution in [-0.4, -0.2) is 22.3 Å². The van der Waals surface area contributed by atoms with E-state index >= 15 is 0 Å². The molecule has 2 aromatic rings. The summed E-state index contributed by atoms with van der Waals surface area (Å²) in [6, 6.07) is 7.15. The smallest absolute Gasteiger partial charge is 0.338 e. The second kappa shape index (κ2) is 8.36. The number of carbonyl (C=O) groups is 1. The average molecular weight is 308 g/mol. The minimum Gasteiger partial charge on any atom is -0.472 e. The van der Waals surface area contributed by atoms with Gasteiger partial charge in [0.15, 0.2) is 0 Å². The van der Waals surface area contributed by atoms with E-state index in [-0.39, 0.29) is 12.6 Å². The predicted molar refractivity (Wildman–Crippen MR) is 84.8 cm³/mol. The summed E-state index contributed by atoms with van der Waals surface area (Å²) in [7, 11) is 1.36. The summed E-state index contributed by atoms with van der Waals surface area (Å²) >= 11 is 4.03. The van der Waals surface area contributed by atoms with Crippen LogP contribution >= 0.6 is 12.8 Å². The van der Waals surface area contributed by atoms with Gasteiger partial charge < -0.3 is 9.47 Å². The fourth-order valence-corrected chi connectivity index (χ4v) is 1.87. The third-order valence-electron chi connectivity index (χ3n) is 2.73. The second-order valence-electron chi connectivity index (χ2n) is 3.96. The third kappa shape index (κ3) is 4.53. The van der Waals surface area contributed by atoms with Crippen LogP contribution in [0, 0.1) is 6.92 Å². The quantitative estimate of drug-likeness (QED) is 0.695. The molecule has 0 aliphatic carbocycles. The summed E-state index contributed by atoms with van der Waals surface area (Å²) in [4.78, 5) is 11.7. The minimum absolute atomic E-state index is 0.252. The Bertz CT molecular complexity index is 596. The highest BCUT2D eigenvalue weighted by molar-refractivity contribution is 7.78. The van der Waals surface area contributed by atoms with Crippen molar-refractivity contribution in [1.82, 2.24) is 9.19 Å². The first-order valence-electron chi connectivity index (χ1n) is 6.66. The standard InChI is InChI=1S/C13H14N2O3S.C2H6/c1-9-4-3-5-10(13(16)17-2)11(9)8-18-12-6-7-15(19)14-12;1-2/h3-7,19H,8H2,1-2H3;1-2H3. The molecule has 0 N–H and O–H groups in total. The normalized spacial score (nSPS) is 9.57. The average Bonchev–Trinajstić information content (AvgIpc) is 2.92. The zero-order chi connectivity index (χ0) is 15.8. The van der Waals surface area contributed by atoms with Gasteiger partial charge in [-0.25, -0.2) is 8.88 Å². The van der Waals surface area contributed by atoms with Gasteiger partial charge in [0.1, 0.15) is 6.61 Å². The van der Waals surface area contributed by atoms with Gasteiger partial charge in [0, 0.05) is 17.8 Å². The van der Waals surface area contributed by atoms with Crippen LogP contribution in [-0.2, 0) is 11.3 Å². The highest BCUT2D eigenvalue weighted by atomic mass is 32.1. The van der Waals surface area contributed by atoms with E-state index < -0.39 is 0 Å². The van der Waals surface area contributed by atoms with Gasteiger partial charge in [0.25, 0.3) is 0 Å². The lowest BCUT2D eigenvalue weighted by Crippen LogP contribution is -2.09. The zero-order valence-corrected chi connectivity index (χ0v) is 13.6. The van der Waals surface area contributed by atoms with Crippen LogP contribution in [0.4, 0.5) is 0 Å². The molecular formula is C15H20N2O3S. The fourth-order valence-electron chi connectivity index (χ4n) is 1.72. The number of thiol groups is 1. The maximum Gasteiger partial charge on any atom is 0.338 e. The van der Waals surface area contributed by atoms with Gasteiger partial charge in [-0.2, -0.15) is 0 Å². The summed E-state index contributed by atoms with van der Waals surface area (Å²) < 4.78 is 11.7. The molecule has 2 rings (SSSR count). The van der Waals surface area contributed by atoms with Crippen molar-refractivity contribution < 1.29 is 14.3 Å². The SMILES string of the molecule is CC.COC(=O)c1cccc(C)c1COc1ccn(S)n1. The maximum atomic E-state index is 11.7. The first-order chi connectivity index (χ1) is 10.1.